The van der Waals surface area contributed by atoms with Crippen molar-refractivity contribution in [1.82, 2.24) is 0 Å². The molecule has 53 heavy (non-hydrogen) atoms. The van der Waals surface area contributed by atoms with Crippen LogP contribution in [0.2, 0.25) is 0 Å². The highest BCUT2D eigenvalue weighted by molar-refractivity contribution is 5.70. The molecule has 10 nitrogen and oxygen atoms in total. The fourth-order valence-electron chi connectivity index (χ4n) is 6.16. The Balaban J connectivity index is 2.39. The molecule has 4 N–H and O–H groups in total. The largest absolute Gasteiger partial charge is 0.462 e. The summed E-state index contributed by atoms with van der Waals surface area (Å²) in [6.45, 7) is 3.35. The van der Waals surface area contributed by atoms with Gasteiger partial charge in [0.05, 0.1) is 13.2 Å². The van der Waals surface area contributed by atoms with Gasteiger partial charge in [-0.2, -0.15) is 0 Å². The van der Waals surface area contributed by atoms with Crippen molar-refractivity contribution >= 4 is 11.9 Å². The Bertz CT molecular complexity index is 976. The lowest BCUT2D eigenvalue weighted by Crippen LogP contribution is -2.59. The second kappa shape index (κ2) is 34.5. The van der Waals surface area contributed by atoms with Gasteiger partial charge in [-0.25, -0.2) is 0 Å². The number of allylic oxidation sites excluding steroid dienone is 3. The van der Waals surface area contributed by atoms with E-state index in [9.17, 15) is 30.0 Å². The van der Waals surface area contributed by atoms with E-state index >= 15 is 0 Å². The molecule has 0 radical (unpaired) electrons. The first kappa shape index (κ1) is 49.0. The summed E-state index contributed by atoms with van der Waals surface area (Å²) >= 11 is 0. The number of hydrogen-bond donors (Lipinski definition) is 4. The van der Waals surface area contributed by atoms with E-state index in [1.165, 1.54) is 64.2 Å². The lowest BCUT2D eigenvalue weighted by molar-refractivity contribution is -0.305. The summed E-state index contributed by atoms with van der Waals surface area (Å²) in [6, 6.07) is 0. The first-order valence-corrected chi connectivity index (χ1v) is 21.2. The Labute approximate surface area is 321 Å². The summed E-state index contributed by atoms with van der Waals surface area (Å²) in [5, 5.41) is 40.0. The minimum absolute atomic E-state index is 0.208. The van der Waals surface area contributed by atoms with E-state index < -0.39 is 55.4 Å². The highest BCUT2D eigenvalue weighted by Crippen LogP contribution is 2.22. The molecule has 1 heterocycles. The molecule has 6 atom stereocenters. The normalized spacial score (nSPS) is 20.6. The highest BCUT2D eigenvalue weighted by atomic mass is 16.7. The van der Waals surface area contributed by atoms with Crippen LogP contribution in [0.3, 0.4) is 0 Å². The molecule has 0 saturated carbocycles. The number of carbonyl (C=O) groups excluding carboxylic acids is 2. The molecule has 0 amide bonds. The van der Waals surface area contributed by atoms with Crippen LogP contribution in [0.1, 0.15) is 174 Å². The molecule has 308 valence electrons. The minimum Gasteiger partial charge on any atom is -0.462 e. The Morgan fingerprint density at radius 1 is 0.623 bits per heavy atom. The van der Waals surface area contributed by atoms with Gasteiger partial charge in [0, 0.05) is 12.8 Å². The third kappa shape index (κ3) is 26.4. The van der Waals surface area contributed by atoms with Crippen LogP contribution < -0.4 is 0 Å². The molecule has 1 rings (SSSR count). The number of hydrogen-bond acceptors (Lipinski definition) is 10. The number of rotatable bonds is 34. The van der Waals surface area contributed by atoms with E-state index in [0.717, 1.165) is 70.6 Å². The van der Waals surface area contributed by atoms with Gasteiger partial charge in [-0.3, -0.25) is 9.59 Å². The van der Waals surface area contributed by atoms with Crippen molar-refractivity contribution in [2.24, 2.45) is 0 Å². The molecule has 0 aromatic heterocycles. The van der Waals surface area contributed by atoms with Crippen LogP contribution >= 0.6 is 0 Å². The first-order valence-electron chi connectivity index (χ1n) is 21.2. The molecule has 2 unspecified atom stereocenters. The van der Waals surface area contributed by atoms with Crippen LogP contribution in [-0.4, -0.2) is 89.0 Å². The van der Waals surface area contributed by atoms with E-state index in [4.69, 9.17) is 18.9 Å². The number of unbranched alkanes of at least 4 members (excludes halogenated alkanes) is 19. The molecular formula is C43H76O10. The van der Waals surface area contributed by atoms with Crippen LogP contribution in [0.25, 0.3) is 0 Å². The molecule has 1 saturated heterocycles. The van der Waals surface area contributed by atoms with Crippen molar-refractivity contribution < 1.29 is 49.0 Å². The number of ether oxygens (including phenoxy) is 4. The fraction of sp³-hybridized carbons (Fsp3) is 0.837. The second-order valence-corrected chi connectivity index (χ2v) is 14.5. The van der Waals surface area contributed by atoms with Gasteiger partial charge >= 0.3 is 11.9 Å². The summed E-state index contributed by atoms with van der Waals surface area (Å²) in [5.74, 6) is -0.838. The van der Waals surface area contributed by atoms with E-state index in [-0.39, 0.29) is 26.1 Å². The van der Waals surface area contributed by atoms with E-state index in [2.05, 4.69) is 43.9 Å². The van der Waals surface area contributed by atoms with Gasteiger partial charge in [0.15, 0.2) is 12.4 Å². The number of esters is 2. The average molecular weight is 753 g/mol. The topological polar surface area (TPSA) is 152 Å². The maximum atomic E-state index is 12.7. The number of carbonyl (C=O) groups is 2. The molecule has 10 heteroatoms. The van der Waals surface area contributed by atoms with Crippen molar-refractivity contribution in [3.63, 3.8) is 0 Å². The summed E-state index contributed by atoms with van der Waals surface area (Å²) in [4.78, 5) is 25.2. The quantitative estimate of drug-likeness (QED) is 0.0219. The lowest BCUT2D eigenvalue weighted by atomic mass is 9.99. The van der Waals surface area contributed by atoms with Gasteiger partial charge in [0.2, 0.25) is 0 Å². The maximum Gasteiger partial charge on any atom is 0.306 e. The zero-order valence-corrected chi connectivity index (χ0v) is 33.3. The van der Waals surface area contributed by atoms with Gasteiger partial charge in [-0.15, -0.1) is 5.73 Å². The Morgan fingerprint density at radius 3 is 1.68 bits per heavy atom. The first-order chi connectivity index (χ1) is 25.8. The monoisotopic (exact) mass is 753 g/mol. The van der Waals surface area contributed by atoms with Gasteiger partial charge in [-0.05, 0) is 76.4 Å². The standard InChI is InChI=1S/C43H76O10/c1-3-5-7-9-11-13-15-17-18-20-22-24-26-28-30-32-39(46)52-36(35-51-43-42(49)41(48)40(47)37(33-44)53-43)34-50-38(45)31-29-27-25-23-21-19-16-14-12-10-8-6-4-2/h14-16,18,36-37,40-44,47-49H,3-13,19-35H2,1-2H3/b16-14+/t17?,36-,37-,40+,41?,42?,43-/m1/s1. The SMILES string of the molecule is CCCCCC/C=C/CCCCCCCC(=O)OC[C@H](CO[C@@H]1O[C@H](CO)[C@H](O)C(O)C1O)OC(=O)CCCCCCCC=C=CCCCCCCC. The number of aliphatic hydroxyl groups excluding tert-OH is 4. The molecule has 1 fully saturated rings. The third-order valence-corrected chi connectivity index (χ3v) is 9.58. The van der Waals surface area contributed by atoms with Crippen molar-refractivity contribution in [1.29, 1.82) is 0 Å². The maximum absolute atomic E-state index is 12.7. The van der Waals surface area contributed by atoms with Crippen molar-refractivity contribution in [3.05, 3.63) is 30.0 Å². The zero-order chi connectivity index (χ0) is 38.8. The van der Waals surface area contributed by atoms with E-state index in [0.29, 0.717) is 12.8 Å². The summed E-state index contributed by atoms with van der Waals surface area (Å²) in [5.41, 5.74) is 3.29. The highest BCUT2D eigenvalue weighted by Gasteiger charge is 2.44. The summed E-state index contributed by atoms with van der Waals surface area (Å²) in [6.07, 6.45) is 26.7. The van der Waals surface area contributed by atoms with Crippen molar-refractivity contribution in [2.45, 2.75) is 211 Å². The Morgan fingerprint density at radius 2 is 1.11 bits per heavy atom. The van der Waals surface area contributed by atoms with Gasteiger partial charge < -0.3 is 39.4 Å². The van der Waals surface area contributed by atoms with Crippen molar-refractivity contribution in [2.75, 3.05) is 19.8 Å². The lowest BCUT2D eigenvalue weighted by Gasteiger charge is -2.39. The zero-order valence-electron chi connectivity index (χ0n) is 33.3. The molecule has 0 aromatic carbocycles. The fourth-order valence-corrected chi connectivity index (χ4v) is 6.16. The van der Waals surface area contributed by atoms with E-state index in [1.54, 1.807) is 0 Å². The van der Waals surface area contributed by atoms with Gasteiger partial charge in [0.1, 0.15) is 31.0 Å². The predicted molar refractivity (Wildman–Crippen MR) is 209 cm³/mol. The summed E-state index contributed by atoms with van der Waals surface area (Å²) in [7, 11) is 0. The predicted octanol–water partition coefficient (Wildman–Crippen LogP) is 8.32. The molecule has 0 spiro atoms. The van der Waals surface area contributed by atoms with Crippen LogP contribution in [-0.2, 0) is 28.5 Å². The molecular weight excluding hydrogens is 676 g/mol. The molecule has 1 aliphatic heterocycles. The Hall–Kier alpha value is -2.04. The third-order valence-electron chi connectivity index (χ3n) is 9.58. The molecule has 0 aromatic rings. The van der Waals surface area contributed by atoms with E-state index in [1.807, 2.05) is 0 Å². The summed E-state index contributed by atoms with van der Waals surface area (Å²) < 4.78 is 22.1. The van der Waals surface area contributed by atoms with Crippen LogP contribution in [0.4, 0.5) is 0 Å². The molecule has 1 aliphatic rings. The van der Waals surface area contributed by atoms with Gasteiger partial charge in [0.25, 0.3) is 0 Å². The number of aliphatic hydroxyl groups is 4. The molecule has 0 bridgehead atoms. The minimum atomic E-state index is -1.60. The molecule has 0 aliphatic carbocycles. The van der Waals surface area contributed by atoms with Crippen LogP contribution in [0.5, 0.6) is 0 Å². The van der Waals surface area contributed by atoms with Gasteiger partial charge in [-0.1, -0.05) is 109 Å². The second-order valence-electron chi connectivity index (χ2n) is 14.5. The van der Waals surface area contributed by atoms with Crippen LogP contribution in [0, 0.1) is 0 Å². The smallest absolute Gasteiger partial charge is 0.306 e. The Kier molecular flexibility index (Phi) is 31.8. The van der Waals surface area contributed by atoms with Crippen LogP contribution in [0.15, 0.2) is 30.0 Å². The van der Waals surface area contributed by atoms with Crippen molar-refractivity contribution in [3.8, 4) is 0 Å². The average Bonchev–Trinajstić information content (AvgIpc) is 3.15.